The van der Waals surface area contributed by atoms with E-state index in [9.17, 15) is 4.79 Å². The zero-order valence-corrected chi connectivity index (χ0v) is 28.4. The second kappa shape index (κ2) is 11.9. The number of hydrogen-bond acceptors (Lipinski definition) is 4. The molecule has 1 aromatic heterocycles. The third kappa shape index (κ3) is 4.25. The van der Waals surface area contributed by atoms with Crippen LogP contribution < -0.4 is 28.4 Å². The van der Waals surface area contributed by atoms with Crippen LogP contribution in [0, 0.1) is 0 Å². The molecule has 6 heteroatoms. The number of rotatable bonds is 5. The smallest absolute Gasteiger partial charge is 0.197 e. The first-order valence-electron chi connectivity index (χ1n) is 17.3. The summed E-state index contributed by atoms with van der Waals surface area (Å²) < 4.78 is 2.19. The van der Waals surface area contributed by atoms with Crippen molar-refractivity contribution in [3.05, 3.63) is 208 Å². The lowest BCUT2D eigenvalue weighted by molar-refractivity contribution is -0.274. The molecule has 9 N–H and O–H groups in total. The summed E-state index contributed by atoms with van der Waals surface area (Å²) in [5.74, 6) is 0. The van der Waals surface area contributed by atoms with Crippen LogP contribution in [0.2, 0.25) is 0 Å². The summed E-state index contributed by atoms with van der Waals surface area (Å²) in [6.45, 7) is 0. The van der Waals surface area contributed by atoms with Gasteiger partial charge in [-0.25, -0.2) is 0 Å². The van der Waals surface area contributed by atoms with E-state index in [-0.39, 0.29) is 5.43 Å². The highest BCUT2D eigenvalue weighted by molar-refractivity contribution is 5.99. The van der Waals surface area contributed by atoms with Gasteiger partial charge in [-0.2, -0.15) is 0 Å². The molecular formula is C46H36N5O+. The van der Waals surface area contributed by atoms with Gasteiger partial charge in [-0.05, 0) is 111 Å². The Morgan fingerprint density at radius 2 is 1.21 bits per heavy atom. The van der Waals surface area contributed by atoms with E-state index in [1.54, 1.807) is 6.20 Å². The molecule has 52 heavy (non-hydrogen) atoms. The molecule has 1 heterocycles. The number of benzene rings is 6. The lowest BCUT2D eigenvalue weighted by Crippen LogP contribution is -2.40. The molecule has 1 atom stereocenters. The quantitative estimate of drug-likeness (QED) is 0.142. The van der Waals surface area contributed by atoms with Gasteiger partial charge in [0.15, 0.2) is 5.43 Å². The lowest BCUT2D eigenvalue weighted by Gasteiger charge is -2.31. The van der Waals surface area contributed by atoms with Gasteiger partial charge in [0, 0.05) is 22.0 Å². The molecule has 2 aliphatic carbocycles. The Hall–Kier alpha value is -6.89. The van der Waals surface area contributed by atoms with Crippen LogP contribution in [0.25, 0.3) is 60.9 Å². The minimum absolute atomic E-state index is 0.0266. The highest BCUT2D eigenvalue weighted by atomic mass is 16.1. The van der Waals surface area contributed by atoms with Gasteiger partial charge >= 0.3 is 0 Å². The molecule has 0 saturated carbocycles. The van der Waals surface area contributed by atoms with Crippen LogP contribution in [0.1, 0.15) is 11.1 Å². The molecule has 0 amide bonds. The van der Waals surface area contributed by atoms with E-state index >= 15 is 0 Å². The number of nitrogens with zero attached hydrogens (tertiary/aromatic N) is 1. The first-order chi connectivity index (χ1) is 25.5. The van der Waals surface area contributed by atoms with Crippen LogP contribution >= 0.6 is 0 Å². The molecule has 0 aliphatic heterocycles. The van der Waals surface area contributed by atoms with E-state index in [0.29, 0.717) is 22.2 Å². The molecule has 0 radical (unpaired) electrons. The van der Waals surface area contributed by atoms with Gasteiger partial charge in [-0.3, -0.25) is 4.79 Å². The molecule has 0 fully saturated rings. The lowest BCUT2D eigenvalue weighted by atomic mass is 9.68. The van der Waals surface area contributed by atoms with Crippen LogP contribution in [0.4, 0.5) is 0 Å². The second-order valence-corrected chi connectivity index (χ2v) is 13.3. The molecule has 0 bridgehead atoms. The van der Waals surface area contributed by atoms with Gasteiger partial charge in [0.1, 0.15) is 0 Å². The first-order valence-corrected chi connectivity index (χ1v) is 17.3. The molecule has 0 saturated heterocycles. The van der Waals surface area contributed by atoms with Crippen molar-refractivity contribution < 1.29 is 5.73 Å². The standard InChI is InChI=1S/C46H35N5O/c47-24-22-38-43(49)44(50)39(23-25-48)46(38)36-17-6-4-14-33(36)42-32(16-9-18-37(42)46)30-11-8-10-28(26-30)29-20-21-35-41(27-29)51(31-12-2-1-3-13-31)40-19-7-5-15-34(40)45(35)52/h1-27H,47-50H2/p+1. The summed E-state index contributed by atoms with van der Waals surface area (Å²) in [5.41, 5.74) is 37.0. The van der Waals surface area contributed by atoms with Crippen LogP contribution in [0.3, 0.4) is 0 Å². The average Bonchev–Trinajstić information content (AvgIpc) is 3.60. The summed E-state index contributed by atoms with van der Waals surface area (Å²) in [6.07, 6.45) is 7.15. The van der Waals surface area contributed by atoms with Gasteiger partial charge in [0.2, 0.25) is 0 Å². The molecule has 7 aromatic rings. The third-order valence-electron chi connectivity index (χ3n) is 10.7. The summed E-state index contributed by atoms with van der Waals surface area (Å²) in [4.78, 5) is 13.8. The summed E-state index contributed by atoms with van der Waals surface area (Å²) >= 11 is 0. The predicted octanol–water partition coefficient (Wildman–Crippen LogP) is 7.41. The molecule has 1 spiro atoms. The van der Waals surface area contributed by atoms with Crippen molar-refractivity contribution in [3.63, 3.8) is 0 Å². The van der Waals surface area contributed by atoms with Crippen LogP contribution in [0.5, 0.6) is 0 Å². The number of para-hydroxylation sites is 2. The Morgan fingerprint density at radius 3 is 2.02 bits per heavy atom. The van der Waals surface area contributed by atoms with Crippen molar-refractivity contribution >= 4 is 21.8 Å². The molecule has 2 aliphatic rings. The van der Waals surface area contributed by atoms with Gasteiger partial charge < -0.3 is 27.5 Å². The molecule has 9 rings (SSSR count). The van der Waals surface area contributed by atoms with Gasteiger partial charge in [-0.1, -0.05) is 97.1 Å². The van der Waals surface area contributed by atoms with Gasteiger partial charge in [0.05, 0.1) is 34.0 Å². The molecular weight excluding hydrogens is 639 g/mol. The van der Waals surface area contributed by atoms with Crippen molar-refractivity contribution in [1.29, 1.82) is 0 Å². The number of aromatic nitrogens is 1. The van der Waals surface area contributed by atoms with E-state index in [1.807, 2.05) is 60.7 Å². The number of pyridine rings is 1. The van der Waals surface area contributed by atoms with Gasteiger partial charge in [0.25, 0.3) is 0 Å². The Labute approximate surface area is 300 Å². The SMILES string of the molecule is NC=CC1=C(N)C(N)=C(C=C[NH3+])C12c1ccccc1-c1c(-c3cccc(-c4ccc5c(=O)c6ccccc6n(-c6ccccc6)c5c4)c3)cccc12. The zero-order chi connectivity index (χ0) is 35.6. The van der Waals surface area contributed by atoms with Crippen molar-refractivity contribution in [2.75, 3.05) is 0 Å². The topological polar surface area (TPSA) is 128 Å². The Morgan fingerprint density at radius 1 is 0.577 bits per heavy atom. The van der Waals surface area contributed by atoms with Crippen LogP contribution in [-0.2, 0) is 5.41 Å². The molecule has 1 unspecified atom stereocenters. The fourth-order valence-electron chi connectivity index (χ4n) is 8.58. The van der Waals surface area contributed by atoms with Gasteiger partial charge in [-0.15, -0.1) is 0 Å². The maximum absolute atomic E-state index is 13.8. The van der Waals surface area contributed by atoms with E-state index in [2.05, 4.69) is 101 Å². The normalized spacial score (nSPS) is 16.6. The Kier molecular flexibility index (Phi) is 7.10. The number of nitrogens with two attached hydrogens (primary N) is 3. The fraction of sp³-hybridized carbons (Fsp3) is 0.0217. The van der Waals surface area contributed by atoms with Crippen molar-refractivity contribution in [3.8, 4) is 39.1 Å². The fourth-order valence-corrected chi connectivity index (χ4v) is 8.58. The van der Waals surface area contributed by atoms with E-state index in [0.717, 1.165) is 72.4 Å². The Balaban J connectivity index is 1.27. The monoisotopic (exact) mass is 674 g/mol. The van der Waals surface area contributed by atoms with E-state index in [1.165, 1.54) is 6.20 Å². The minimum atomic E-state index is -0.750. The highest BCUT2D eigenvalue weighted by Crippen LogP contribution is 2.62. The maximum atomic E-state index is 13.8. The largest absolute Gasteiger partial charge is 0.405 e. The van der Waals surface area contributed by atoms with Crippen molar-refractivity contribution in [2.45, 2.75) is 5.41 Å². The zero-order valence-electron chi connectivity index (χ0n) is 28.4. The second-order valence-electron chi connectivity index (χ2n) is 13.3. The number of fused-ring (bicyclic) bond motifs is 7. The van der Waals surface area contributed by atoms with Crippen LogP contribution in [-0.4, -0.2) is 4.57 Å². The van der Waals surface area contributed by atoms with Crippen LogP contribution in [0.15, 0.2) is 191 Å². The molecule has 250 valence electrons. The van der Waals surface area contributed by atoms with E-state index < -0.39 is 5.41 Å². The number of hydrogen-bond donors (Lipinski definition) is 4. The first kappa shape index (κ1) is 31.1. The average molecular weight is 675 g/mol. The van der Waals surface area contributed by atoms with E-state index in [4.69, 9.17) is 17.2 Å². The number of allylic oxidation sites excluding steroid dienone is 4. The Bertz CT molecular complexity index is 2770. The van der Waals surface area contributed by atoms with Crippen molar-refractivity contribution in [1.82, 2.24) is 4.57 Å². The van der Waals surface area contributed by atoms with Crippen molar-refractivity contribution in [2.24, 2.45) is 17.2 Å². The number of quaternary nitrogens is 1. The third-order valence-corrected chi connectivity index (χ3v) is 10.7. The summed E-state index contributed by atoms with van der Waals surface area (Å²) in [7, 11) is 0. The molecule has 6 aromatic carbocycles. The molecule has 6 nitrogen and oxygen atoms in total. The minimum Gasteiger partial charge on any atom is -0.405 e. The maximum Gasteiger partial charge on any atom is 0.197 e. The highest BCUT2D eigenvalue weighted by Gasteiger charge is 2.53. The summed E-state index contributed by atoms with van der Waals surface area (Å²) in [5, 5.41) is 1.37. The summed E-state index contributed by atoms with van der Waals surface area (Å²) in [6, 6.07) is 47.7. The predicted molar refractivity (Wildman–Crippen MR) is 212 cm³/mol.